The number of methoxy groups -OCH3 is 1. The van der Waals surface area contributed by atoms with Gasteiger partial charge in [-0.05, 0) is 50.3 Å². The van der Waals surface area contributed by atoms with Crippen LogP contribution in [0.1, 0.15) is 31.2 Å². The number of hydrogen-bond donors (Lipinski definition) is 1. The second kappa shape index (κ2) is 8.25. The van der Waals surface area contributed by atoms with Crippen LogP contribution >= 0.6 is 0 Å². The van der Waals surface area contributed by atoms with Gasteiger partial charge in [0.05, 0.1) is 12.0 Å². The van der Waals surface area contributed by atoms with Gasteiger partial charge in [-0.25, -0.2) is 0 Å². The van der Waals surface area contributed by atoms with E-state index >= 15 is 0 Å². The Morgan fingerprint density at radius 1 is 1.55 bits per heavy atom. The van der Waals surface area contributed by atoms with Gasteiger partial charge in [0.15, 0.2) is 0 Å². The summed E-state index contributed by atoms with van der Waals surface area (Å²) in [4.78, 5) is 18.5. The largest absolute Gasteiger partial charge is 0.383 e. The Labute approximate surface area is 132 Å². The molecule has 22 heavy (non-hydrogen) atoms. The minimum Gasteiger partial charge on any atom is -0.383 e. The molecule has 5 nitrogen and oxygen atoms in total. The summed E-state index contributed by atoms with van der Waals surface area (Å²) in [5, 5.41) is 0. The van der Waals surface area contributed by atoms with Gasteiger partial charge < -0.3 is 10.5 Å². The monoisotopic (exact) mass is 305 g/mol. The molecule has 1 aliphatic heterocycles. The Morgan fingerprint density at radius 2 is 2.41 bits per heavy atom. The molecule has 122 valence electrons. The first-order valence-electron chi connectivity index (χ1n) is 8.06. The topological polar surface area (TPSA) is 68.4 Å². The minimum absolute atomic E-state index is 0.152. The summed E-state index contributed by atoms with van der Waals surface area (Å²) in [7, 11) is 1.71. The van der Waals surface area contributed by atoms with Crippen LogP contribution in [0.5, 0.6) is 0 Å². The molecular formula is C17H27N3O2. The first kappa shape index (κ1) is 16.9. The lowest BCUT2D eigenvalue weighted by molar-refractivity contribution is -0.131. The first-order valence-corrected chi connectivity index (χ1v) is 8.06. The van der Waals surface area contributed by atoms with E-state index in [1.165, 1.54) is 5.56 Å². The Kier molecular flexibility index (Phi) is 6.34. The molecule has 5 heteroatoms. The zero-order chi connectivity index (χ0) is 15.8. The molecule has 1 aromatic heterocycles. The molecule has 2 N–H and O–H groups in total. The van der Waals surface area contributed by atoms with E-state index in [2.05, 4.69) is 16.0 Å². The van der Waals surface area contributed by atoms with Gasteiger partial charge in [0.2, 0.25) is 5.91 Å². The Bertz CT molecular complexity index is 466. The van der Waals surface area contributed by atoms with Crippen molar-refractivity contribution < 1.29 is 9.53 Å². The maximum Gasteiger partial charge on any atom is 0.224 e. The van der Waals surface area contributed by atoms with Gasteiger partial charge in [0, 0.05) is 32.6 Å². The van der Waals surface area contributed by atoms with E-state index in [0.29, 0.717) is 6.61 Å². The summed E-state index contributed by atoms with van der Waals surface area (Å²) in [5.74, 6) is -0.152. The van der Waals surface area contributed by atoms with E-state index in [9.17, 15) is 4.79 Å². The van der Waals surface area contributed by atoms with Crippen LogP contribution in [0.3, 0.4) is 0 Å². The van der Waals surface area contributed by atoms with Crippen LogP contribution < -0.4 is 5.73 Å². The molecule has 1 aromatic rings. The number of nitrogens with zero attached hydrogens (tertiary/aromatic N) is 2. The van der Waals surface area contributed by atoms with Gasteiger partial charge in [-0.15, -0.1) is 0 Å². The van der Waals surface area contributed by atoms with Crippen LogP contribution in [0, 0.1) is 5.41 Å². The molecule has 0 aliphatic carbocycles. The summed E-state index contributed by atoms with van der Waals surface area (Å²) >= 11 is 0. The van der Waals surface area contributed by atoms with Crippen molar-refractivity contribution in [1.29, 1.82) is 0 Å². The molecule has 1 aliphatic rings. The summed E-state index contributed by atoms with van der Waals surface area (Å²) in [6.45, 7) is 3.36. The Balaban J connectivity index is 1.91. The highest BCUT2D eigenvalue weighted by molar-refractivity contribution is 5.81. The van der Waals surface area contributed by atoms with Gasteiger partial charge in [0.25, 0.3) is 0 Å². The molecule has 1 fully saturated rings. The number of primary amides is 1. The lowest BCUT2D eigenvalue weighted by Gasteiger charge is -2.40. The number of carbonyl (C=O) groups excluding carboxylic acids is 1. The molecular weight excluding hydrogens is 278 g/mol. The molecule has 0 radical (unpaired) electrons. The highest BCUT2D eigenvalue weighted by atomic mass is 16.5. The third kappa shape index (κ3) is 4.52. The third-order valence-electron chi connectivity index (χ3n) is 4.63. The van der Waals surface area contributed by atoms with Gasteiger partial charge in [-0.3, -0.25) is 14.7 Å². The number of nitrogens with two attached hydrogens (primary N) is 1. The van der Waals surface area contributed by atoms with E-state index in [0.717, 1.165) is 51.7 Å². The molecule has 0 saturated carbocycles. The van der Waals surface area contributed by atoms with Crippen molar-refractivity contribution in [3.05, 3.63) is 30.1 Å². The van der Waals surface area contributed by atoms with Crippen LogP contribution in [0.25, 0.3) is 0 Å². The molecule has 1 unspecified atom stereocenters. The van der Waals surface area contributed by atoms with Crippen molar-refractivity contribution in [2.75, 3.05) is 33.4 Å². The molecule has 2 rings (SSSR count). The predicted octanol–water partition coefficient (Wildman–Crippen LogP) is 1.62. The fourth-order valence-corrected chi connectivity index (χ4v) is 3.34. The van der Waals surface area contributed by atoms with E-state index < -0.39 is 0 Å². The fraction of sp³-hybridized carbons (Fsp3) is 0.647. The maximum atomic E-state index is 12.1. The molecule has 0 bridgehead atoms. The van der Waals surface area contributed by atoms with Crippen molar-refractivity contribution in [2.45, 2.75) is 32.1 Å². The van der Waals surface area contributed by atoms with Crippen molar-refractivity contribution >= 4 is 5.91 Å². The van der Waals surface area contributed by atoms with Gasteiger partial charge >= 0.3 is 0 Å². The number of carbonyl (C=O) groups is 1. The molecule has 2 heterocycles. The number of pyridine rings is 1. The lowest BCUT2D eigenvalue weighted by Crippen LogP contribution is -2.51. The first-order chi connectivity index (χ1) is 10.7. The van der Waals surface area contributed by atoms with Crippen molar-refractivity contribution in [2.24, 2.45) is 11.1 Å². The maximum absolute atomic E-state index is 12.1. The molecule has 0 aromatic carbocycles. The quantitative estimate of drug-likeness (QED) is 0.792. The average Bonchev–Trinajstić information content (AvgIpc) is 2.54. The van der Waals surface area contributed by atoms with Crippen LogP contribution in [0.4, 0.5) is 0 Å². The zero-order valence-electron chi connectivity index (χ0n) is 13.5. The summed E-state index contributed by atoms with van der Waals surface area (Å²) < 4.78 is 5.15. The SMILES string of the molecule is COCCN1CCCC(CCCc2cccnc2)(C(N)=O)C1. The Hall–Kier alpha value is -1.46. The standard InChI is InChI=1S/C17H27N3O2/c1-22-12-11-20-10-4-8-17(14-20,16(18)21)7-2-5-15-6-3-9-19-13-15/h3,6,9,13H,2,4-5,7-8,10-12,14H2,1H3,(H2,18,21). The van der Waals surface area contributed by atoms with Gasteiger partial charge in [-0.1, -0.05) is 6.07 Å². The highest BCUT2D eigenvalue weighted by Crippen LogP contribution is 2.34. The number of piperidine rings is 1. The number of amides is 1. The summed E-state index contributed by atoms with van der Waals surface area (Å²) in [6.07, 6.45) is 8.36. The summed E-state index contributed by atoms with van der Waals surface area (Å²) in [5.41, 5.74) is 6.60. The van der Waals surface area contributed by atoms with Crippen LogP contribution in [0.2, 0.25) is 0 Å². The summed E-state index contributed by atoms with van der Waals surface area (Å²) in [6, 6.07) is 4.03. The number of likely N-dealkylation sites (tertiary alicyclic amines) is 1. The zero-order valence-corrected chi connectivity index (χ0v) is 13.5. The van der Waals surface area contributed by atoms with Crippen LogP contribution in [-0.4, -0.2) is 49.1 Å². The van der Waals surface area contributed by atoms with E-state index in [4.69, 9.17) is 10.5 Å². The number of aryl methyl sites for hydroxylation is 1. The van der Waals surface area contributed by atoms with E-state index in [1.807, 2.05) is 12.3 Å². The van der Waals surface area contributed by atoms with Crippen LogP contribution in [-0.2, 0) is 16.0 Å². The van der Waals surface area contributed by atoms with E-state index in [-0.39, 0.29) is 11.3 Å². The third-order valence-corrected chi connectivity index (χ3v) is 4.63. The number of hydrogen-bond acceptors (Lipinski definition) is 4. The smallest absolute Gasteiger partial charge is 0.224 e. The molecule has 0 spiro atoms. The highest BCUT2D eigenvalue weighted by Gasteiger charge is 2.39. The Morgan fingerprint density at radius 3 is 3.09 bits per heavy atom. The number of ether oxygens (including phenoxy) is 1. The van der Waals surface area contributed by atoms with Crippen molar-refractivity contribution in [1.82, 2.24) is 9.88 Å². The minimum atomic E-state index is -0.381. The van der Waals surface area contributed by atoms with E-state index in [1.54, 1.807) is 13.3 Å². The normalized spacial score (nSPS) is 22.6. The molecule has 1 saturated heterocycles. The molecule has 1 atom stereocenters. The second-order valence-electron chi connectivity index (χ2n) is 6.23. The van der Waals surface area contributed by atoms with Gasteiger partial charge in [0.1, 0.15) is 0 Å². The number of aromatic nitrogens is 1. The van der Waals surface area contributed by atoms with Gasteiger partial charge in [-0.2, -0.15) is 0 Å². The van der Waals surface area contributed by atoms with Crippen LogP contribution in [0.15, 0.2) is 24.5 Å². The number of rotatable bonds is 8. The molecule has 1 amide bonds. The predicted molar refractivity (Wildman–Crippen MR) is 86.4 cm³/mol. The lowest BCUT2D eigenvalue weighted by atomic mass is 9.75. The average molecular weight is 305 g/mol. The van der Waals surface area contributed by atoms with Crippen molar-refractivity contribution in [3.63, 3.8) is 0 Å². The fourth-order valence-electron chi connectivity index (χ4n) is 3.34. The van der Waals surface area contributed by atoms with Crippen molar-refractivity contribution in [3.8, 4) is 0 Å². The second-order valence-corrected chi connectivity index (χ2v) is 6.23.